The molecule has 1 N–H and O–H groups in total. The number of rotatable bonds is 2. The van der Waals surface area contributed by atoms with Gasteiger partial charge >= 0.3 is 0 Å². The fourth-order valence-electron chi connectivity index (χ4n) is 3.22. The summed E-state index contributed by atoms with van der Waals surface area (Å²) in [5.41, 5.74) is 5.66. The molecular weight excluding hydrogens is 272 g/mol. The first-order valence-corrected chi connectivity index (χ1v) is 7.74. The van der Waals surface area contributed by atoms with E-state index in [-0.39, 0.29) is 6.10 Å². The molecule has 0 aromatic heterocycles. The van der Waals surface area contributed by atoms with Crippen molar-refractivity contribution < 1.29 is 9.84 Å². The van der Waals surface area contributed by atoms with Crippen molar-refractivity contribution in [3.05, 3.63) is 64.2 Å². The predicted molar refractivity (Wildman–Crippen MR) is 90.5 cm³/mol. The zero-order chi connectivity index (χ0) is 15.9. The number of benzene rings is 2. The number of ether oxygens (including phenoxy) is 1. The Labute approximate surface area is 132 Å². The summed E-state index contributed by atoms with van der Waals surface area (Å²) in [5.74, 6) is 1.64. The van der Waals surface area contributed by atoms with Crippen molar-refractivity contribution in [2.45, 2.75) is 39.7 Å². The average Bonchev–Trinajstić information content (AvgIpc) is 2.81. The van der Waals surface area contributed by atoms with Crippen molar-refractivity contribution in [1.82, 2.24) is 0 Å². The smallest absolute Gasteiger partial charge is 0.130 e. The lowest BCUT2D eigenvalue weighted by molar-refractivity contribution is 0.214. The van der Waals surface area contributed by atoms with Gasteiger partial charge in [0.05, 0.1) is 0 Å². The quantitative estimate of drug-likeness (QED) is 0.816. The van der Waals surface area contributed by atoms with Gasteiger partial charge in [-0.3, -0.25) is 0 Å². The Hall–Kier alpha value is -2.22. The van der Waals surface area contributed by atoms with E-state index >= 15 is 0 Å². The Bertz CT molecular complexity index is 744. The van der Waals surface area contributed by atoms with Crippen LogP contribution in [0.3, 0.4) is 0 Å². The lowest BCUT2D eigenvalue weighted by Gasteiger charge is -2.17. The van der Waals surface area contributed by atoms with E-state index < -0.39 is 0 Å². The van der Waals surface area contributed by atoms with Gasteiger partial charge in [0.25, 0.3) is 0 Å². The molecule has 22 heavy (non-hydrogen) atoms. The van der Waals surface area contributed by atoms with Crippen LogP contribution in [0.5, 0.6) is 11.5 Å². The molecule has 0 aliphatic carbocycles. The van der Waals surface area contributed by atoms with E-state index in [1.807, 2.05) is 26.0 Å². The molecule has 0 fully saturated rings. The third-order valence-corrected chi connectivity index (χ3v) is 4.42. The van der Waals surface area contributed by atoms with Crippen LogP contribution in [0.1, 0.15) is 53.7 Å². The molecule has 0 amide bonds. The maximum absolute atomic E-state index is 9.72. The van der Waals surface area contributed by atoms with Gasteiger partial charge < -0.3 is 9.84 Å². The average molecular weight is 294 g/mol. The molecule has 0 saturated heterocycles. The highest BCUT2D eigenvalue weighted by Crippen LogP contribution is 2.48. The Balaban J connectivity index is 2.01. The number of phenolic OH excluding ortho intramolecular Hbond substituents is 1. The highest BCUT2D eigenvalue weighted by atomic mass is 16.5. The molecule has 2 nitrogen and oxygen atoms in total. The second-order valence-electron chi connectivity index (χ2n) is 6.13. The van der Waals surface area contributed by atoms with Gasteiger partial charge in [0.2, 0.25) is 0 Å². The summed E-state index contributed by atoms with van der Waals surface area (Å²) in [4.78, 5) is 0. The molecule has 2 atom stereocenters. The van der Waals surface area contributed by atoms with Gasteiger partial charge in [0.1, 0.15) is 17.6 Å². The van der Waals surface area contributed by atoms with E-state index in [1.165, 1.54) is 16.7 Å². The number of aryl methyl sites for hydroxylation is 2. The van der Waals surface area contributed by atoms with Gasteiger partial charge in [-0.05, 0) is 67.3 Å². The van der Waals surface area contributed by atoms with E-state index in [1.54, 1.807) is 6.07 Å². The van der Waals surface area contributed by atoms with Crippen LogP contribution < -0.4 is 4.74 Å². The number of hydrogen-bond acceptors (Lipinski definition) is 2. The van der Waals surface area contributed by atoms with E-state index in [0.717, 1.165) is 16.9 Å². The SMILES string of the molecule is C/C=C/c1cc(C)c2c(c1)C(C)C(c1ccc(O)c(C)c1)O2. The molecule has 2 unspecified atom stereocenters. The van der Waals surface area contributed by atoms with Gasteiger partial charge in [0.15, 0.2) is 0 Å². The highest BCUT2D eigenvalue weighted by Gasteiger charge is 2.33. The lowest BCUT2D eigenvalue weighted by atomic mass is 9.90. The molecule has 1 aliphatic heterocycles. The first-order chi connectivity index (χ1) is 10.5. The van der Waals surface area contributed by atoms with E-state index in [9.17, 15) is 5.11 Å². The van der Waals surface area contributed by atoms with Crippen molar-refractivity contribution in [3.8, 4) is 11.5 Å². The molecule has 0 bridgehead atoms. The van der Waals surface area contributed by atoms with Crippen LogP contribution in [-0.2, 0) is 0 Å². The summed E-state index contributed by atoms with van der Waals surface area (Å²) in [7, 11) is 0. The molecule has 0 radical (unpaired) electrons. The molecule has 114 valence electrons. The number of aromatic hydroxyl groups is 1. The zero-order valence-corrected chi connectivity index (χ0v) is 13.6. The third kappa shape index (κ3) is 2.39. The Morgan fingerprint density at radius 1 is 1.09 bits per heavy atom. The maximum atomic E-state index is 9.72. The molecule has 0 spiro atoms. The summed E-state index contributed by atoms with van der Waals surface area (Å²) in [6.07, 6.45) is 4.19. The van der Waals surface area contributed by atoms with Gasteiger partial charge in [-0.25, -0.2) is 0 Å². The van der Waals surface area contributed by atoms with Crippen molar-refractivity contribution in [2.75, 3.05) is 0 Å². The Morgan fingerprint density at radius 2 is 1.86 bits per heavy atom. The van der Waals surface area contributed by atoms with E-state index in [0.29, 0.717) is 11.7 Å². The van der Waals surface area contributed by atoms with Crippen LogP contribution in [0.2, 0.25) is 0 Å². The lowest BCUT2D eigenvalue weighted by Crippen LogP contribution is -2.07. The largest absolute Gasteiger partial charge is 0.508 e. The molecule has 1 heterocycles. The van der Waals surface area contributed by atoms with Crippen LogP contribution >= 0.6 is 0 Å². The number of phenols is 1. The monoisotopic (exact) mass is 294 g/mol. The summed E-state index contributed by atoms with van der Waals surface area (Å²) >= 11 is 0. The van der Waals surface area contributed by atoms with Crippen LogP contribution in [-0.4, -0.2) is 5.11 Å². The molecular formula is C20H22O2. The summed E-state index contributed by atoms with van der Waals surface area (Å²) in [6.45, 7) is 8.26. The van der Waals surface area contributed by atoms with Crippen molar-refractivity contribution in [2.24, 2.45) is 0 Å². The minimum absolute atomic E-state index is 0.00820. The fraction of sp³-hybridized carbons (Fsp3) is 0.300. The van der Waals surface area contributed by atoms with Gasteiger partial charge in [0, 0.05) is 11.5 Å². The standard InChI is InChI=1S/C20H22O2/c1-5-6-15-9-13(3)19-17(11-15)14(4)20(22-19)16-7-8-18(21)12(2)10-16/h5-11,14,20-21H,1-4H3/b6-5+. The second-order valence-corrected chi connectivity index (χ2v) is 6.13. The van der Waals surface area contributed by atoms with Crippen molar-refractivity contribution in [1.29, 1.82) is 0 Å². The van der Waals surface area contributed by atoms with Crippen molar-refractivity contribution >= 4 is 6.08 Å². The first kappa shape index (κ1) is 14.7. The van der Waals surface area contributed by atoms with Gasteiger partial charge in [-0.1, -0.05) is 25.1 Å². The zero-order valence-electron chi connectivity index (χ0n) is 13.6. The summed E-state index contributed by atoms with van der Waals surface area (Å²) < 4.78 is 6.26. The van der Waals surface area contributed by atoms with Crippen LogP contribution in [0.15, 0.2) is 36.4 Å². The van der Waals surface area contributed by atoms with Crippen LogP contribution in [0.4, 0.5) is 0 Å². The third-order valence-electron chi connectivity index (χ3n) is 4.42. The number of hydrogen-bond donors (Lipinski definition) is 1. The van der Waals surface area contributed by atoms with Crippen LogP contribution in [0, 0.1) is 13.8 Å². The van der Waals surface area contributed by atoms with Gasteiger partial charge in [-0.2, -0.15) is 0 Å². The molecule has 0 saturated carbocycles. The Morgan fingerprint density at radius 3 is 2.55 bits per heavy atom. The number of fused-ring (bicyclic) bond motifs is 1. The molecule has 2 heteroatoms. The fourth-order valence-corrected chi connectivity index (χ4v) is 3.22. The van der Waals surface area contributed by atoms with E-state index in [4.69, 9.17) is 4.74 Å². The van der Waals surface area contributed by atoms with Crippen molar-refractivity contribution in [3.63, 3.8) is 0 Å². The van der Waals surface area contributed by atoms with Gasteiger partial charge in [-0.15, -0.1) is 0 Å². The molecule has 1 aliphatic rings. The topological polar surface area (TPSA) is 29.5 Å². The second kappa shape index (κ2) is 5.53. The minimum Gasteiger partial charge on any atom is -0.508 e. The molecule has 3 rings (SSSR count). The summed E-state index contributed by atoms with van der Waals surface area (Å²) in [5, 5.41) is 9.72. The molecule has 2 aromatic rings. The first-order valence-electron chi connectivity index (χ1n) is 7.74. The maximum Gasteiger partial charge on any atom is 0.130 e. The summed E-state index contributed by atoms with van der Waals surface area (Å²) in [6, 6.07) is 10.1. The highest BCUT2D eigenvalue weighted by molar-refractivity contribution is 5.59. The van der Waals surface area contributed by atoms with E-state index in [2.05, 4.69) is 38.1 Å². The Kier molecular flexibility index (Phi) is 3.69. The minimum atomic E-state index is 0.00820. The number of allylic oxidation sites excluding steroid dienone is 1. The predicted octanol–water partition coefficient (Wildman–Crippen LogP) is 5.28. The normalized spacial score (nSPS) is 20.2. The van der Waals surface area contributed by atoms with Crippen LogP contribution in [0.25, 0.3) is 6.08 Å². The molecule has 2 aromatic carbocycles.